The third kappa shape index (κ3) is 2.24. The molecular formula is C8H7NO4. The minimum atomic E-state index is -1.17. The van der Waals surface area contributed by atoms with E-state index in [0.717, 1.165) is 6.26 Å². The van der Waals surface area contributed by atoms with E-state index in [2.05, 4.69) is 15.3 Å². The second-order valence-corrected chi connectivity index (χ2v) is 2.23. The number of hydrogen-bond acceptors (Lipinski definition) is 4. The van der Waals surface area contributed by atoms with Crippen LogP contribution in [0.5, 0.6) is 6.08 Å². The summed E-state index contributed by atoms with van der Waals surface area (Å²) >= 11 is 0. The second-order valence-electron chi connectivity index (χ2n) is 2.23. The van der Waals surface area contributed by atoms with E-state index in [0.29, 0.717) is 0 Å². The molecule has 0 saturated carbocycles. The lowest BCUT2D eigenvalue weighted by Gasteiger charge is -2.01. The van der Waals surface area contributed by atoms with Gasteiger partial charge in [-0.3, -0.25) is 0 Å². The molecule has 0 aromatic carbocycles. The van der Waals surface area contributed by atoms with Crippen LogP contribution in [0, 0.1) is 12.3 Å². The molecule has 0 amide bonds. The van der Waals surface area contributed by atoms with Gasteiger partial charge in [0.1, 0.15) is 6.26 Å². The zero-order chi connectivity index (χ0) is 9.84. The summed E-state index contributed by atoms with van der Waals surface area (Å²) in [4.78, 5) is 13.9. The van der Waals surface area contributed by atoms with Crippen molar-refractivity contribution in [2.75, 3.05) is 0 Å². The molecule has 68 valence electrons. The van der Waals surface area contributed by atoms with Crippen LogP contribution >= 0.6 is 0 Å². The zero-order valence-corrected chi connectivity index (χ0v) is 6.85. The minimum Gasteiger partial charge on any atom is -0.476 e. The number of carboxylic acid groups (broad SMARTS) is 1. The molecule has 0 fully saturated rings. The number of aromatic carboxylic acids is 1. The average molecular weight is 181 g/mol. The number of ether oxygens (including phenoxy) is 1. The molecule has 1 unspecified atom stereocenters. The van der Waals surface area contributed by atoms with Gasteiger partial charge in [0.2, 0.25) is 0 Å². The molecule has 0 aliphatic rings. The zero-order valence-electron chi connectivity index (χ0n) is 6.85. The van der Waals surface area contributed by atoms with Gasteiger partial charge >= 0.3 is 12.0 Å². The summed E-state index contributed by atoms with van der Waals surface area (Å²) in [5.41, 5.74) is -0.209. The standard InChI is InChI=1S/C8H7NO4/c1-3-5(2)13-8-9-6(4-12-8)7(10)11/h1,4-5H,2H3,(H,10,11). The van der Waals surface area contributed by atoms with Crippen molar-refractivity contribution in [3.63, 3.8) is 0 Å². The maximum absolute atomic E-state index is 10.4. The van der Waals surface area contributed by atoms with Crippen LogP contribution in [0.25, 0.3) is 0 Å². The molecule has 0 aliphatic heterocycles. The first-order chi connectivity index (χ1) is 6.13. The van der Waals surface area contributed by atoms with Gasteiger partial charge in [-0.1, -0.05) is 5.92 Å². The third-order valence-electron chi connectivity index (χ3n) is 1.21. The molecule has 0 radical (unpaired) electrons. The highest BCUT2D eigenvalue weighted by Crippen LogP contribution is 2.11. The molecule has 1 aromatic heterocycles. The Kier molecular flexibility index (Phi) is 2.55. The molecule has 1 heterocycles. The Labute approximate surface area is 74.3 Å². The third-order valence-corrected chi connectivity index (χ3v) is 1.21. The monoisotopic (exact) mass is 181 g/mol. The molecule has 5 heteroatoms. The Morgan fingerprint density at radius 3 is 3.08 bits per heavy atom. The lowest BCUT2D eigenvalue weighted by atomic mass is 10.4. The normalized spacial score (nSPS) is 11.7. The van der Waals surface area contributed by atoms with Crippen LogP contribution in [0.4, 0.5) is 0 Å². The fourth-order valence-electron chi connectivity index (χ4n) is 0.595. The Bertz CT molecular complexity index is 349. The summed E-state index contributed by atoms with van der Waals surface area (Å²) in [6.45, 7) is 1.62. The highest BCUT2D eigenvalue weighted by atomic mass is 16.6. The van der Waals surface area contributed by atoms with E-state index in [4.69, 9.17) is 16.3 Å². The van der Waals surface area contributed by atoms with E-state index >= 15 is 0 Å². The number of carbonyl (C=O) groups is 1. The van der Waals surface area contributed by atoms with Crippen molar-refractivity contribution >= 4 is 5.97 Å². The molecule has 0 spiro atoms. The van der Waals surface area contributed by atoms with Gasteiger partial charge in [0.05, 0.1) is 0 Å². The maximum atomic E-state index is 10.4. The number of hydrogen-bond donors (Lipinski definition) is 1. The summed E-state index contributed by atoms with van der Waals surface area (Å²) in [6.07, 6.45) is 5.38. The van der Waals surface area contributed by atoms with E-state index in [1.54, 1.807) is 6.92 Å². The summed E-state index contributed by atoms with van der Waals surface area (Å²) in [5, 5.41) is 8.47. The number of rotatable bonds is 3. The first kappa shape index (κ1) is 9.13. The Morgan fingerprint density at radius 2 is 2.62 bits per heavy atom. The molecule has 13 heavy (non-hydrogen) atoms. The second kappa shape index (κ2) is 3.63. The van der Waals surface area contributed by atoms with Crippen LogP contribution in [0.3, 0.4) is 0 Å². The van der Waals surface area contributed by atoms with Crippen LogP contribution in [-0.4, -0.2) is 22.2 Å². The Balaban J connectivity index is 2.70. The van der Waals surface area contributed by atoms with Crippen LogP contribution in [0.15, 0.2) is 10.7 Å². The first-order valence-corrected chi connectivity index (χ1v) is 3.45. The van der Waals surface area contributed by atoms with Gasteiger partial charge in [0.25, 0.3) is 0 Å². The Morgan fingerprint density at radius 1 is 1.92 bits per heavy atom. The lowest BCUT2D eigenvalue weighted by molar-refractivity contribution is 0.0690. The molecule has 0 bridgehead atoms. The van der Waals surface area contributed by atoms with Gasteiger partial charge in [-0.15, -0.1) is 6.42 Å². The highest BCUT2D eigenvalue weighted by Gasteiger charge is 2.12. The largest absolute Gasteiger partial charge is 0.476 e. The predicted octanol–water partition coefficient (Wildman–Crippen LogP) is 0.773. The van der Waals surface area contributed by atoms with E-state index in [9.17, 15) is 4.79 Å². The van der Waals surface area contributed by atoms with E-state index in [1.807, 2.05) is 0 Å². The molecule has 0 aliphatic carbocycles. The van der Waals surface area contributed by atoms with Gasteiger partial charge < -0.3 is 14.3 Å². The average Bonchev–Trinajstić information content (AvgIpc) is 2.52. The summed E-state index contributed by atoms with van der Waals surface area (Å²) in [7, 11) is 0. The highest BCUT2D eigenvalue weighted by molar-refractivity contribution is 5.84. The lowest BCUT2D eigenvalue weighted by Crippen LogP contribution is -2.08. The van der Waals surface area contributed by atoms with Crippen LogP contribution in [-0.2, 0) is 0 Å². The smallest absolute Gasteiger partial charge is 0.395 e. The molecule has 1 rings (SSSR count). The van der Waals surface area contributed by atoms with Gasteiger partial charge in [-0.05, 0) is 6.92 Å². The fourth-order valence-corrected chi connectivity index (χ4v) is 0.595. The van der Waals surface area contributed by atoms with E-state index in [-0.39, 0.29) is 11.8 Å². The maximum Gasteiger partial charge on any atom is 0.395 e. The van der Waals surface area contributed by atoms with Crippen molar-refractivity contribution in [2.24, 2.45) is 0 Å². The summed E-state index contributed by atoms with van der Waals surface area (Å²) in [6, 6.07) is 0. The van der Waals surface area contributed by atoms with Crippen molar-refractivity contribution < 1.29 is 19.1 Å². The molecule has 0 saturated heterocycles. The summed E-state index contributed by atoms with van der Waals surface area (Å²) < 4.78 is 9.61. The number of aromatic nitrogens is 1. The minimum absolute atomic E-state index is 0.136. The fraction of sp³-hybridized carbons (Fsp3) is 0.250. The van der Waals surface area contributed by atoms with Crippen LogP contribution < -0.4 is 4.74 Å². The SMILES string of the molecule is C#CC(C)Oc1nc(C(=O)O)co1. The van der Waals surface area contributed by atoms with Gasteiger partial charge in [-0.25, -0.2) is 4.79 Å². The van der Waals surface area contributed by atoms with E-state index in [1.165, 1.54) is 0 Å². The first-order valence-electron chi connectivity index (χ1n) is 3.45. The van der Waals surface area contributed by atoms with E-state index < -0.39 is 12.1 Å². The number of nitrogens with zero attached hydrogens (tertiary/aromatic N) is 1. The topological polar surface area (TPSA) is 72.6 Å². The number of terminal acetylenes is 1. The van der Waals surface area contributed by atoms with Crippen LogP contribution in [0.1, 0.15) is 17.4 Å². The molecule has 1 atom stereocenters. The van der Waals surface area contributed by atoms with Crippen molar-refractivity contribution in [1.82, 2.24) is 4.98 Å². The Hall–Kier alpha value is -1.96. The molecule has 1 N–H and O–H groups in total. The van der Waals surface area contributed by atoms with Gasteiger partial charge in [-0.2, -0.15) is 4.98 Å². The predicted molar refractivity (Wildman–Crippen MR) is 42.4 cm³/mol. The summed E-state index contributed by atoms with van der Waals surface area (Å²) in [5.74, 6) is 1.11. The van der Waals surface area contributed by atoms with Crippen molar-refractivity contribution in [1.29, 1.82) is 0 Å². The van der Waals surface area contributed by atoms with Gasteiger partial charge in [0.15, 0.2) is 11.8 Å². The molecular weight excluding hydrogens is 174 g/mol. The quantitative estimate of drug-likeness (QED) is 0.697. The molecule has 1 aromatic rings. The van der Waals surface area contributed by atoms with Crippen molar-refractivity contribution in [3.05, 3.63) is 12.0 Å². The number of oxazole rings is 1. The molecule has 5 nitrogen and oxygen atoms in total. The van der Waals surface area contributed by atoms with Crippen molar-refractivity contribution in [3.8, 4) is 18.4 Å². The van der Waals surface area contributed by atoms with Gasteiger partial charge in [0, 0.05) is 0 Å². The van der Waals surface area contributed by atoms with Crippen molar-refractivity contribution in [2.45, 2.75) is 13.0 Å². The number of carboxylic acids is 1. The van der Waals surface area contributed by atoms with Crippen LogP contribution in [0.2, 0.25) is 0 Å².